The van der Waals surface area contributed by atoms with E-state index in [1.807, 2.05) is 30.3 Å². The van der Waals surface area contributed by atoms with Crippen molar-refractivity contribution >= 4 is 15.7 Å². The lowest BCUT2D eigenvalue weighted by molar-refractivity contribution is 0.416. The molecule has 0 amide bonds. The quantitative estimate of drug-likeness (QED) is 0.823. The molecule has 106 valence electrons. The Hall–Kier alpha value is -2.05. The van der Waals surface area contributed by atoms with Crippen molar-refractivity contribution in [3.05, 3.63) is 54.1 Å². The molecule has 5 nitrogen and oxygen atoms in total. The number of nitrogen functional groups attached to an aromatic ring is 1. The molecule has 0 atom stereocenters. The normalized spacial score (nSPS) is 11.2. The van der Waals surface area contributed by atoms with Gasteiger partial charge in [0.1, 0.15) is 5.75 Å². The number of rotatable bonds is 5. The van der Waals surface area contributed by atoms with Crippen LogP contribution >= 0.6 is 0 Å². The van der Waals surface area contributed by atoms with Crippen LogP contribution in [0.5, 0.6) is 5.75 Å². The molecule has 0 saturated heterocycles. The Kier molecular flexibility index (Phi) is 4.26. The van der Waals surface area contributed by atoms with E-state index in [1.54, 1.807) is 0 Å². The number of sulfonamides is 1. The number of methoxy groups -OCH3 is 1. The van der Waals surface area contributed by atoms with Crippen LogP contribution in [0, 0.1) is 0 Å². The molecule has 0 aliphatic carbocycles. The number of benzene rings is 2. The van der Waals surface area contributed by atoms with Gasteiger partial charge in [-0.3, -0.25) is 0 Å². The summed E-state index contributed by atoms with van der Waals surface area (Å²) in [5, 5.41) is 0. The summed E-state index contributed by atoms with van der Waals surface area (Å²) in [6.45, 7) is 0.231. The highest BCUT2D eigenvalue weighted by molar-refractivity contribution is 7.89. The van der Waals surface area contributed by atoms with E-state index in [-0.39, 0.29) is 17.1 Å². The maximum absolute atomic E-state index is 12.1. The molecule has 0 saturated carbocycles. The molecule has 2 aromatic carbocycles. The highest BCUT2D eigenvalue weighted by Crippen LogP contribution is 2.24. The minimum Gasteiger partial charge on any atom is -0.495 e. The zero-order chi connectivity index (χ0) is 14.6. The second-order valence-electron chi connectivity index (χ2n) is 4.21. The van der Waals surface area contributed by atoms with Crippen molar-refractivity contribution in [2.75, 3.05) is 12.8 Å². The Labute approximate surface area is 118 Å². The van der Waals surface area contributed by atoms with E-state index < -0.39 is 10.0 Å². The molecular formula is C14H16N2O3S. The fourth-order valence-electron chi connectivity index (χ4n) is 1.74. The number of nitrogens with one attached hydrogen (secondary N) is 1. The van der Waals surface area contributed by atoms with Gasteiger partial charge in [0.2, 0.25) is 10.0 Å². The van der Waals surface area contributed by atoms with E-state index in [2.05, 4.69) is 4.72 Å². The first-order valence-electron chi connectivity index (χ1n) is 6.00. The van der Waals surface area contributed by atoms with E-state index in [0.29, 0.717) is 5.75 Å². The first kappa shape index (κ1) is 14.4. The molecule has 0 fully saturated rings. The summed E-state index contributed by atoms with van der Waals surface area (Å²) in [6, 6.07) is 13.7. The van der Waals surface area contributed by atoms with E-state index in [1.165, 1.54) is 25.3 Å². The van der Waals surface area contributed by atoms with Gasteiger partial charge in [-0.1, -0.05) is 30.3 Å². The van der Waals surface area contributed by atoms with Crippen molar-refractivity contribution in [2.45, 2.75) is 11.4 Å². The largest absolute Gasteiger partial charge is 0.495 e. The van der Waals surface area contributed by atoms with Crippen molar-refractivity contribution in [3.8, 4) is 5.75 Å². The maximum atomic E-state index is 12.1. The number of ether oxygens (including phenoxy) is 1. The fourth-order valence-corrected chi connectivity index (χ4v) is 2.79. The topological polar surface area (TPSA) is 81.4 Å². The van der Waals surface area contributed by atoms with Crippen LogP contribution in [0.3, 0.4) is 0 Å². The third-order valence-electron chi connectivity index (χ3n) is 2.82. The van der Waals surface area contributed by atoms with Crippen LogP contribution in [0.25, 0.3) is 0 Å². The minimum absolute atomic E-state index is 0.117. The number of hydrogen-bond donors (Lipinski definition) is 2. The highest BCUT2D eigenvalue weighted by atomic mass is 32.2. The highest BCUT2D eigenvalue weighted by Gasteiger charge is 2.15. The predicted molar refractivity (Wildman–Crippen MR) is 77.9 cm³/mol. The van der Waals surface area contributed by atoms with Gasteiger partial charge in [-0.15, -0.1) is 0 Å². The molecule has 0 radical (unpaired) electrons. The van der Waals surface area contributed by atoms with Gasteiger partial charge in [-0.25, -0.2) is 13.1 Å². The molecule has 3 N–H and O–H groups in total. The molecular weight excluding hydrogens is 276 g/mol. The fraction of sp³-hybridized carbons (Fsp3) is 0.143. The molecule has 0 aliphatic rings. The van der Waals surface area contributed by atoms with Crippen LogP contribution < -0.4 is 15.2 Å². The van der Waals surface area contributed by atoms with Crippen LogP contribution in [0.1, 0.15) is 5.56 Å². The smallest absolute Gasteiger partial charge is 0.240 e. The predicted octanol–water partition coefficient (Wildman–Crippen LogP) is 1.76. The molecule has 6 heteroatoms. The SMILES string of the molecule is COc1ccc(S(=O)(=O)NCc2ccccc2)cc1N. The van der Waals surface area contributed by atoms with Crippen molar-refractivity contribution in [2.24, 2.45) is 0 Å². The van der Waals surface area contributed by atoms with Gasteiger partial charge in [0.25, 0.3) is 0 Å². The molecule has 2 aromatic rings. The van der Waals surface area contributed by atoms with E-state index in [0.717, 1.165) is 5.56 Å². The Morgan fingerprint density at radius 1 is 1.15 bits per heavy atom. The zero-order valence-corrected chi connectivity index (χ0v) is 11.9. The molecule has 0 unspecified atom stereocenters. The maximum Gasteiger partial charge on any atom is 0.240 e. The van der Waals surface area contributed by atoms with Crippen LogP contribution in [0.15, 0.2) is 53.4 Å². The lowest BCUT2D eigenvalue weighted by atomic mass is 10.2. The van der Waals surface area contributed by atoms with Gasteiger partial charge >= 0.3 is 0 Å². The molecule has 0 heterocycles. The van der Waals surface area contributed by atoms with E-state index in [4.69, 9.17) is 10.5 Å². The number of anilines is 1. The van der Waals surface area contributed by atoms with Gasteiger partial charge in [0, 0.05) is 6.54 Å². The van der Waals surface area contributed by atoms with E-state index >= 15 is 0 Å². The third-order valence-corrected chi connectivity index (χ3v) is 4.22. The van der Waals surface area contributed by atoms with Crippen LogP contribution in [-0.4, -0.2) is 15.5 Å². The molecule has 0 bridgehead atoms. The summed E-state index contributed by atoms with van der Waals surface area (Å²) in [6.07, 6.45) is 0. The van der Waals surface area contributed by atoms with Gasteiger partial charge < -0.3 is 10.5 Å². The first-order chi connectivity index (χ1) is 9.53. The van der Waals surface area contributed by atoms with Crippen LogP contribution in [0.2, 0.25) is 0 Å². The van der Waals surface area contributed by atoms with Crippen LogP contribution in [-0.2, 0) is 16.6 Å². The van der Waals surface area contributed by atoms with Gasteiger partial charge in [0.05, 0.1) is 17.7 Å². The van der Waals surface area contributed by atoms with Crippen molar-refractivity contribution in [1.82, 2.24) is 4.72 Å². The minimum atomic E-state index is -3.59. The average Bonchev–Trinajstić information content (AvgIpc) is 2.46. The third kappa shape index (κ3) is 3.28. The summed E-state index contributed by atoms with van der Waals surface area (Å²) < 4.78 is 31.8. The second-order valence-corrected chi connectivity index (χ2v) is 5.98. The Morgan fingerprint density at radius 2 is 1.85 bits per heavy atom. The standard InChI is InChI=1S/C14H16N2O3S/c1-19-14-8-7-12(9-13(14)15)20(17,18)16-10-11-5-3-2-4-6-11/h2-9,16H,10,15H2,1H3. The molecule has 0 spiro atoms. The lowest BCUT2D eigenvalue weighted by Crippen LogP contribution is -2.23. The first-order valence-corrected chi connectivity index (χ1v) is 7.48. The Bertz CT molecular complexity index is 685. The lowest BCUT2D eigenvalue weighted by Gasteiger charge is -2.09. The second kappa shape index (κ2) is 5.94. The Balaban J connectivity index is 2.16. The summed E-state index contributed by atoms with van der Waals surface area (Å²) in [7, 11) is -2.11. The van der Waals surface area contributed by atoms with Crippen molar-refractivity contribution in [1.29, 1.82) is 0 Å². The van der Waals surface area contributed by atoms with Crippen LogP contribution in [0.4, 0.5) is 5.69 Å². The number of hydrogen-bond acceptors (Lipinski definition) is 4. The van der Waals surface area contributed by atoms with Crippen molar-refractivity contribution in [3.63, 3.8) is 0 Å². The summed E-state index contributed by atoms with van der Waals surface area (Å²) >= 11 is 0. The Morgan fingerprint density at radius 3 is 2.45 bits per heavy atom. The molecule has 0 aromatic heterocycles. The zero-order valence-electron chi connectivity index (χ0n) is 11.0. The molecule has 2 rings (SSSR count). The summed E-state index contributed by atoms with van der Waals surface area (Å²) in [5.41, 5.74) is 6.89. The molecule has 20 heavy (non-hydrogen) atoms. The monoisotopic (exact) mass is 292 g/mol. The number of nitrogens with two attached hydrogens (primary N) is 1. The van der Waals surface area contributed by atoms with Crippen molar-refractivity contribution < 1.29 is 13.2 Å². The van der Waals surface area contributed by atoms with Gasteiger partial charge in [-0.2, -0.15) is 0 Å². The average molecular weight is 292 g/mol. The van der Waals surface area contributed by atoms with Gasteiger partial charge in [-0.05, 0) is 23.8 Å². The summed E-state index contributed by atoms with van der Waals surface area (Å²) in [4.78, 5) is 0.117. The molecule has 0 aliphatic heterocycles. The summed E-state index contributed by atoms with van der Waals surface area (Å²) in [5.74, 6) is 0.451. The van der Waals surface area contributed by atoms with E-state index in [9.17, 15) is 8.42 Å². The van der Waals surface area contributed by atoms with Gasteiger partial charge in [0.15, 0.2) is 0 Å².